The van der Waals surface area contributed by atoms with E-state index < -0.39 is 5.37 Å². The number of amides is 1. The van der Waals surface area contributed by atoms with Crippen LogP contribution in [0.15, 0.2) is 64.0 Å². The van der Waals surface area contributed by atoms with Gasteiger partial charge in [-0.15, -0.1) is 11.8 Å². The van der Waals surface area contributed by atoms with E-state index in [4.69, 9.17) is 4.42 Å². The van der Waals surface area contributed by atoms with E-state index in [0.29, 0.717) is 22.5 Å². The Morgan fingerprint density at radius 1 is 1.11 bits per heavy atom. The van der Waals surface area contributed by atoms with Crippen molar-refractivity contribution in [2.45, 2.75) is 17.5 Å². The number of anilines is 1. The molecule has 2 aromatic heterocycles. The van der Waals surface area contributed by atoms with Crippen molar-refractivity contribution in [3.63, 3.8) is 0 Å². The summed E-state index contributed by atoms with van der Waals surface area (Å²) in [6, 6.07) is 14.7. The maximum absolute atomic E-state index is 13.0. The highest BCUT2D eigenvalue weighted by Gasteiger charge is 2.42. The molecule has 3 heterocycles. The highest BCUT2D eigenvalue weighted by Crippen LogP contribution is 2.44. The predicted octanol–water partition coefficient (Wildman–Crippen LogP) is 3.84. The predicted molar refractivity (Wildman–Crippen MR) is 106 cm³/mol. The smallest absolute Gasteiger partial charge is 0.243 e. The Morgan fingerprint density at radius 3 is 2.74 bits per heavy atom. The Labute approximate surface area is 158 Å². The number of aromatic nitrogens is 2. The summed E-state index contributed by atoms with van der Waals surface area (Å²) in [4.78, 5) is 35.2. The fourth-order valence-electron chi connectivity index (χ4n) is 3.37. The molecular formula is C20H15N3O3S. The molecule has 1 N–H and O–H groups in total. The normalized spacial score (nSPS) is 20.0. The number of H-pyrrole nitrogens is 1. The van der Waals surface area contributed by atoms with Gasteiger partial charge >= 0.3 is 0 Å². The van der Waals surface area contributed by atoms with Crippen LogP contribution in [0.2, 0.25) is 0 Å². The number of fused-ring (bicyclic) bond motifs is 2. The van der Waals surface area contributed by atoms with Crippen molar-refractivity contribution in [1.29, 1.82) is 0 Å². The van der Waals surface area contributed by atoms with E-state index >= 15 is 0 Å². The fourth-order valence-corrected chi connectivity index (χ4v) is 4.62. The van der Waals surface area contributed by atoms with Gasteiger partial charge in [-0.2, -0.15) is 0 Å². The molecule has 27 heavy (non-hydrogen) atoms. The van der Waals surface area contributed by atoms with Crippen molar-refractivity contribution in [2.24, 2.45) is 0 Å². The van der Waals surface area contributed by atoms with Crippen LogP contribution in [0.5, 0.6) is 0 Å². The summed E-state index contributed by atoms with van der Waals surface area (Å²) in [5, 5.41) is -0.268. The largest absolute Gasteiger partial charge is 0.464 e. The lowest BCUT2D eigenvalue weighted by atomic mass is 10.1. The highest BCUT2D eigenvalue weighted by atomic mass is 32.2. The molecule has 1 amide bonds. The van der Waals surface area contributed by atoms with Gasteiger partial charge in [0, 0.05) is 0 Å². The maximum Gasteiger partial charge on any atom is 0.243 e. The topological polar surface area (TPSA) is 79.2 Å². The molecule has 0 radical (unpaired) electrons. The Bertz CT molecular complexity index is 1210. The van der Waals surface area contributed by atoms with Crippen LogP contribution in [-0.4, -0.2) is 21.1 Å². The molecule has 1 aliphatic rings. The van der Waals surface area contributed by atoms with Gasteiger partial charge in [0.1, 0.15) is 17.2 Å². The number of aromatic amines is 1. The minimum absolute atomic E-state index is 0.0865. The first-order valence-electron chi connectivity index (χ1n) is 8.57. The summed E-state index contributed by atoms with van der Waals surface area (Å²) in [5.74, 6) is 0.354. The molecule has 1 fully saturated rings. The second-order valence-corrected chi connectivity index (χ2v) is 7.86. The van der Waals surface area contributed by atoms with E-state index in [9.17, 15) is 9.59 Å². The number of carbonyl (C=O) groups excluding carboxylic acids is 1. The van der Waals surface area contributed by atoms with Crippen LogP contribution in [-0.2, 0) is 4.79 Å². The molecule has 2 aromatic carbocycles. The minimum atomic E-state index is -0.492. The Hall–Kier alpha value is -3.06. The number of carbonyl (C=O) groups is 1. The van der Waals surface area contributed by atoms with Gasteiger partial charge in [-0.3, -0.25) is 14.5 Å². The van der Waals surface area contributed by atoms with E-state index in [0.717, 1.165) is 11.0 Å². The lowest BCUT2D eigenvalue weighted by Crippen LogP contribution is -2.32. The third-order valence-electron chi connectivity index (χ3n) is 4.73. The molecule has 1 saturated heterocycles. The average molecular weight is 377 g/mol. The highest BCUT2D eigenvalue weighted by molar-refractivity contribution is 8.01. The first-order valence-corrected chi connectivity index (χ1v) is 9.51. The second kappa shape index (κ2) is 5.99. The van der Waals surface area contributed by atoms with Gasteiger partial charge in [-0.1, -0.05) is 24.3 Å². The number of hydrogen-bond acceptors (Lipinski definition) is 5. The van der Waals surface area contributed by atoms with E-state index in [1.807, 2.05) is 37.3 Å². The van der Waals surface area contributed by atoms with Crippen molar-refractivity contribution in [3.05, 3.63) is 70.6 Å². The van der Waals surface area contributed by atoms with Crippen LogP contribution in [0.25, 0.3) is 22.0 Å². The molecule has 2 atom stereocenters. The molecule has 7 heteroatoms. The number of nitrogens with zero attached hydrogens (tertiary/aromatic N) is 2. The first kappa shape index (κ1) is 16.1. The van der Waals surface area contributed by atoms with Crippen molar-refractivity contribution >= 4 is 45.6 Å². The second-order valence-electron chi connectivity index (χ2n) is 6.43. The van der Waals surface area contributed by atoms with E-state index in [2.05, 4.69) is 9.97 Å². The van der Waals surface area contributed by atoms with Gasteiger partial charge in [0.05, 0.1) is 27.2 Å². The van der Waals surface area contributed by atoms with E-state index in [1.165, 1.54) is 18.0 Å². The average Bonchev–Trinajstić information content (AvgIpc) is 3.23. The number of benzene rings is 2. The number of imidazole rings is 1. The van der Waals surface area contributed by atoms with Crippen molar-refractivity contribution in [3.8, 4) is 0 Å². The third kappa shape index (κ3) is 2.46. The Kier molecular flexibility index (Phi) is 3.58. The molecule has 134 valence electrons. The van der Waals surface area contributed by atoms with Crippen molar-refractivity contribution in [2.75, 3.05) is 4.90 Å². The Morgan fingerprint density at radius 2 is 1.89 bits per heavy atom. The number of hydrogen-bond donors (Lipinski definition) is 1. The molecule has 0 spiro atoms. The summed E-state index contributed by atoms with van der Waals surface area (Å²) in [5.41, 5.74) is 2.46. The first-order chi connectivity index (χ1) is 13.1. The summed E-state index contributed by atoms with van der Waals surface area (Å²) < 4.78 is 5.67. The third-order valence-corrected chi connectivity index (χ3v) is 6.06. The van der Waals surface area contributed by atoms with E-state index in [-0.39, 0.29) is 16.6 Å². The molecule has 0 bridgehead atoms. The van der Waals surface area contributed by atoms with Gasteiger partial charge in [0.2, 0.25) is 11.9 Å². The van der Waals surface area contributed by atoms with Crippen molar-refractivity contribution < 1.29 is 9.21 Å². The molecule has 6 nitrogen and oxygen atoms in total. The lowest BCUT2D eigenvalue weighted by Gasteiger charge is -2.20. The number of nitrogens with one attached hydrogen (secondary N) is 1. The number of para-hydroxylation sites is 3. The molecular weight excluding hydrogens is 362 g/mol. The molecule has 0 aliphatic carbocycles. The van der Waals surface area contributed by atoms with Gasteiger partial charge in [0.25, 0.3) is 0 Å². The Balaban J connectivity index is 1.67. The zero-order valence-electron chi connectivity index (χ0n) is 14.4. The van der Waals surface area contributed by atoms with Crippen LogP contribution in [0, 0.1) is 0 Å². The lowest BCUT2D eigenvalue weighted by molar-refractivity contribution is -0.117. The quantitative estimate of drug-likeness (QED) is 0.574. The molecule has 2 unspecified atom stereocenters. The number of thioether (sulfide) groups is 1. The summed E-state index contributed by atoms with van der Waals surface area (Å²) in [6.45, 7) is 1.84. The summed E-state index contributed by atoms with van der Waals surface area (Å²) in [7, 11) is 0. The van der Waals surface area contributed by atoms with Crippen molar-refractivity contribution in [1.82, 2.24) is 9.97 Å². The van der Waals surface area contributed by atoms with Gasteiger partial charge in [0.15, 0.2) is 5.43 Å². The number of rotatable bonds is 2. The van der Waals surface area contributed by atoms with Crippen LogP contribution in [0.3, 0.4) is 0 Å². The standard InChI is InChI=1S/C20H15N3O3S/c1-11-18(25)23(20-21-14-7-3-4-8-15(14)22-20)19(27-11)13-10-26-16-9-5-2-6-12(16)17(13)24/h2-11,19H,1H3,(H,21,22). The van der Waals surface area contributed by atoms with Crippen LogP contribution >= 0.6 is 11.8 Å². The zero-order chi connectivity index (χ0) is 18.5. The van der Waals surface area contributed by atoms with Crippen LogP contribution in [0.1, 0.15) is 17.9 Å². The molecule has 1 aliphatic heterocycles. The monoisotopic (exact) mass is 377 g/mol. The molecule has 4 aromatic rings. The SMILES string of the molecule is CC1SC(c2coc3ccccc3c2=O)N(c2nc3ccccc3[nH]2)C1=O. The zero-order valence-corrected chi connectivity index (χ0v) is 15.2. The van der Waals surface area contributed by atoms with Gasteiger partial charge in [-0.25, -0.2) is 4.98 Å². The van der Waals surface area contributed by atoms with Gasteiger partial charge in [-0.05, 0) is 31.2 Å². The van der Waals surface area contributed by atoms with Crippen LogP contribution in [0.4, 0.5) is 5.95 Å². The minimum Gasteiger partial charge on any atom is -0.464 e. The fraction of sp³-hybridized carbons (Fsp3) is 0.150. The van der Waals surface area contributed by atoms with Crippen LogP contribution < -0.4 is 10.3 Å². The van der Waals surface area contributed by atoms with Gasteiger partial charge < -0.3 is 9.40 Å². The molecule has 5 rings (SSSR count). The maximum atomic E-state index is 13.0. The summed E-state index contributed by atoms with van der Waals surface area (Å²) >= 11 is 1.42. The van der Waals surface area contributed by atoms with E-state index in [1.54, 1.807) is 23.1 Å². The molecule has 0 saturated carbocycles. The summed E-state index contributed by atoms with van der Waals surface area (Å²) in [6.07, 6.45) is 1.46.